The molecule has 2 saturated heterocycles. The molecule has 2 aliphatic heterocycles. The van der Waals surface area contributed by atoms with E-state index in [0.717, 1.165) is 11.1 Å². The van der Waals surface area contributed by atoms with Crippen LogP contribution in [0.4, 0.5) is 0 Å². The van der Waals surface area contributed by atoms with Crippen molar-refractivity contribution in [3.63, 3.8) is 0 Å². The largest absolute Gasteiger partial charge is 0.388 e. The van der Waals surface area contributed by atoms with Crippen molar-refractivity contribution in [2.75, 3.05) is 19.8 Å². The summed E-state index contributed by atoms with van der Waals surface area (Å²) in [5.74, 6) is -0.0249. The summed E-state index contributed by atoms with van der Waals surface area (Å²) in [7, 11) is 0. The highest BCUT2D eigenvalue weighted by molar-refractivity contribution is 5.03. The summed E-state index contributed by atoms with van der Waals surface area (Å²) in [6.07, 6.45) is -9.50. The number of allylic oxidation sites excluding steroid dienone is 2. The van der Waals surface area contributed by atoms with Crippen LogP contribution in [0.25, 0.3) is 0 Å². The highest BCUT2D eigenvalue weighted by atomic mass is 16.7. The summed E-state index contributed by atoms with van der Waals surface area (Å²) in [6.45, 7) is 9.43. The van der Waals surface area contributed by atoms with E-state index < -0.39 is 55.3 Å². The lowest BCUT2D eigenvalue weighted by Crippen LogP contribution is -2.60. The van der Waals surface area contributed by atoms with E-state index in [-0.39, 0.29) is 25.7 Å². The molecule has 0 radical (unpaired) electrons. The molecule has 0 aliphatic carbocycles. The van der Waals surface area contributed by atoms with Crippen LogP contribution in [0.3, 0.4) is 0 Å². The smallest absolute Gasteiger partial charge is 0.186 e. The minimum Gasteiger partial charge on any atom is -0.388 e. The van der Waals surface area contributed by atoms with E-state index in [1.165, 1.54) is 0 Å². The van der Waals surface area contributed by atoms with E-state index in [0.29, 0.717) is 6.42 Å². The van der Waals surface area contributed by atoms with Crippen LogP contribution in [-0.2, 0) is 18.9 Å². The molecule has 10 nitrogen and oxygen atoms in total. The Kier molecular flexibility index (Phi) is 10.0. The van der Waals surface area contributed by atoms with E-state index in [4.69, 9.17) is 18.9 Å². The Morgan fingerprint density at radius 3 is 2.19 bits per heavy atom. The molecule has 2 aliphatic rings. The molecule has 0 aromatic heterocycles. The van der Waals surface area contributed by atoms with Crippen molar-refractivity contribution in [1.82, 2.24) is 0 Å². The quantitative estimate of drug-likeness (QED) is 0.237. The molecule has 2 rings (SSSR count). The molecule has 0 amide bonds. The Hall–Kier alpha value is -0.920. The van der Waals surface area contributed by atoms with E-state index in [9.17, 15) is 30.6 Å². The van der Waals surface area contributed by atoms with E-state index in [2.05, 4.69) is 12.7 Å². The summed E-state index contributed by atoms with van der Waals surface area (Å²) in [6, 6.07) is 0. The summed E-state index contributed by atoms with van der Waals surface area (Å²) in [4.78, 5) is 0. The summed E-state index contributed by atoms with van der Waals surface area (Å²) >= 11 is 0. The van der Waals surface area contributed by atoms with Crippen molar-refractivity contribution in [1.29, 1.82) is 0 Å². The first-order chi connectivity index (χ1) is 14.5. The third-order valence-electron chi connectivity index (χ3n) is 5.52. The van der Waals surface area contributed by atoms with Crippen LogP contribution in [0.1, 0.15) is 27.2 Å². The van der Waals surface area contributed by atoms with Crippen LogP contribution < -0.4 is 0 Å². The van der Waals surface area contributed by atoms with Gasteiger partial charge in [-0.25, -0.2) is 0 Å². The maximum Gasteiger partial charge on any atom is 0.186 e. The van der Waals surface area contributed by atoms with Crippen LogP contribution in [-0.4, -0.2) is 106 Å². The van der Waals surface area contributed by atoms with Crippen molar-refractivity contribution < 1.29 is 49.6 Å². The number of rotatable bonds is 9. The van der Waals surface area contributed by atoms with Gasteiger partial charge in [-0.15, -0.1) is 0 Å². The Balaban J connectivity index is 1.95. The predicted molar refractivity (Wildman–Crippen MR) is 109 cm³/mol. The first-order valence-electron chi connectivity index (χ1n) is 10.4. The fourth-order valence-electron chi connectivity index (χ4n) is 3.31. The third-order valence-corrected chi connectivity index (χ3v) is 5.52. The zero-order valence-electron chi connectivity index (χ0n) is 18.2. The number of hydrogen-bond acceptors (Lipinski definition) is 10. The van der Waals surface area contributed by atoms with Crippen molar-refractivity contribution >= 4 is 0 Å². The molecule has 10 atom stereocenters. The van der Waals surface area contributed by atoms with E-state index in [1.807, 2.05) is 20.8 Å². The number of hydrogen-bond donors (Lipinski definition) is 6. The molecule has 0 bridgehead atoms. The van der Waals surface area contributed by atoms with E-state index in [1.54, 1.807) is 0 Å². The Bertz CT molecular complexity index is 607. The second-order valence-electron chi connectivity index (χ2n) is 8.49. The number of ether oxygens (including phenoxy) is 4. The van der Waals surface area contributed by atoms with Gasteiger partial charge in [0.1, 0.15) is 42.7 Å². The first kappa shape index (κ1) is 26.3. The standard InChI is InChI=1S/C21H36O10/c1-10(2)5-6-12(11(3)4)7-28-21-19(27)17(25)16(24)14(31-21)9-30-20-18(26)15(23)13(22)8-29-20/h5,12-27H,3,6-9H2,1-2,4H3/t12?,13-,14+,15-,16+,17-,18+,19-,20-,21-/m0/s1. The zero-order chi connectivity index (χ0) is 23.3. The molecular formula is C21H36O10. The maximum absolute atomic E-state index is 10.3. The minimum atomic E-state index is -1.54. The minimum absolute atomic E-state index is 0.0249. The van der Waals surface area contributed by atoms with Crippen molar-refractivity contribution in [3.8, 4) is 0 Å². The first-order valence-corrected chi connectivity index (χ1v) is 10.4. The van der Waals surface area contributed by atoms with Crippen molar-refractivity contribution in [2.24, 2.45) is 5.92 Å². The third kappa shape index (κ3) is 7.03. The van der Waals surface area contributed by atoms with Crippen LogP contribution in [0.2, 0.25) is 0 Å². The van der Waals surface area contributed by atoms with Crippen molar-refractivity contribution in [2.45, 2.75) is 82.5 Å². The molecule has 180 valence electrons. The highest BCUT2D eigenvalue weighted by Crippen LogP contribution is 2.26. The van der Waals surface area contributed by atoms with Gasteiger partial charge in [-0.05, 0) is 27.2 Å². The molecule has 10 heteroatoms. The normalized spacial score (nSPS) is 39.7. The Morgan fingerprint density at radius 2 is 1.58 bits per heavy atom. The van der Waals surface area contributed by atoms with Gasteiger partial charge in [-0.3, -0.25) is 0 Å². The maximum atomic E-state index is 10.3. The van der Waals surface area contributed by atoms with Gasteiger partial charge in [0.05, 0.1) is 19.8 Å². The average Bonchev–Trinajstić information content (AvgIpc) is 2.71. The molecular weight excluding hydrogens is 412 g/mol. The Morgan fingerprint density at radius 1 is 0.935 bits per heavy atom. The summed E-state index contributed by atoms with van der Waals surface area (Å²) < 4.78 is 21.8. The fourth-order valence-corrected chi connectivity index (χ4v) is 3.31. The molecule has 6 N–H and O–H groups in total. The highest BCUT2D eigenvalue weighted by Gasteiger charge is 2.46. The summed E-state index contributed by atoms with van der Waals surface area (Å²) in [5, 5.41) is 59.9. The SMILES string of the molecule is C=C(C)C(CC=C(C)C)CO[C@H]1O[C@H](CO[C@@H]2OC[C@H](O)[C@H](O)[C@H]2O)[C@@H](O)[C@H](O)[C@@H]1O. The van der Waals surface area contributed by atoms with Gasteiger partial charge < -0.3 is 49.6 Å². The van der Waals surface area contributed by atoms with Crippen LogP contribution in [0.15, 0.2) is 23.8 Å². The van der Waals surface area contributed by atoms with Gasteiger partial charge in [0.15, 0.2) is 12.6 Å². The van der Waals surface area contributed by atoms with Crippen molar-refractivity contribution in [3.05, 3.63) is 23.8 Å². The second kappa shape index (κ2) is 11.8. The molecule has 0 aromatic carbocycles. The predicted octanol–water partition coefficient (Wildman–Crippen LogP) is -1.19. The number of aliphatic hydroxyl groups is 6. The molecule has 0 aromatic rings. The Labute approximate surface area is 182 Å². The van der Waals surface area contributed by atoms with Crippen LogP contribution in [0, 0.1) is 5.92 Å². The van der Waals surface area contributed by atoms with Gasteiger partial charge in [0.2, 0.25) is 0 Å². The van der Waals surface area contributed by atoms with Gasteiger partial charge in [0, 0.05) is 5.92 Å². The van der Waals surface area contributed by atoms with E-state index >= 15 is 0 Å². The van der Waals surface area contributed by atoms with Crippen LogP contribution in [0.5, 0.6) is 0 Å². The van der Waals surface area contributed by atoms with Crippen LogP contribution >= 0.6 is 0 Å². The molecule has 1 unspecified atom stereocenters. The average molecular weight is 449 g/mol. The van der Waals surface area contributed by atoms with Gasteiger partial charge >= 0.3 is 0 Å². The summed E-state index contributed by atoms with van der Waals surface area (Å²) in [5.41, 5.74) is 2.05. The zero-order valence-corrected chi connectivity index (χ0v) is 18.2. The molecule has 31 heavy (non-hydrogen) atoms. The lowest BCUT2D eigenvalue weighted by molar-refractivity contribution is -0.321. The molecule has 0 saturated carbocycles. The van der Waals surface area contributed by atoms with Gasteiger partial charge in [-0.1, -0.05) is 23.8 Å². The van der Waals surface area contributed by atoms with Gasteiger partial charge in [0.25, 0.3) is 0 Å². The fraction of sp³-hybridized carbons (Fsp3) is 0.810. The topological polar surface area (TPSA) is 158 Å². The lowest BCUT2D eigenvalue weighted by Gasteiger charge is -2.41. The lowest BCUT2D eigenvalue weighted by atomic mass is 9.97. The monoisotopic (exact) mass is 448 g/mol. The number of aliphatic hydroxyl groups excluding tert-OH is 6. The molecule has 2 fully saturated rings. The van der Waals surface area contributed by atoms with Gasteiger partial charge in [-0.2, -0.15) is 0 Å². The second-order valence-corrected chi connectivity index (χ2v) is 8.49. The molecule has 2 heterocycles. The molecule has 0 spiro atoms.